The predicted molar refractivity (Wildman–Crippen MR) is 224 cm³/mol. The Kier molecular flexibility index (Phi) is 6.35. The minimum atomic E-state index is 1.22. The molecular weight excluding hydrogens is 625 g/mol. The summed E-state index contributed by atoms with van der Waals surface area (Å²) in [5.74, 6) is 0. The second kappa shape index (κ2) is 11.4. The van der Waals surface area contributed by atoms with E-state index in [9.17, 15) is 0 Å². The van der Waals surface area contributed by atoms with Crippen molar-refractivity contribution in [1.82, 2.24) is 0 Å². The Morgan fingerprint density at radius 1 is 0.212 bits per heavy atom. The van der Waals surface area contributed by atoms with Gasteiger partial charge in [-0.3, -0.25) is 0 Å². The van der Waals surface area contributed by atoms with Gasteiger partial charge in [-0.1, -0.05) is 188 Å². The lowest BCUT2D eigenvalue weighted by atomic mass is 9.81. The summed E-state index contributed by atoms with van der Waals surface area (Å²) in [5, 5.41) is 15.7. The fraction of sp³-hybridized carbons (Fsp3) is 0. The highest BCUT2D eigenvalue weighted by Crippen LogP contribution is 2.50. The van der Waals surface area contributed by atoms with Crippen molar-refractivity contribution in [1.29, 1.82) is 0 Å². The summed E-state index contributed by atoms with van der Waals surface area (Å²) in [5.41, 5.74) is 9.92. The summed E-state index contributed by atoms with van der Waals surface area (Å²) >= 11 is 0. The summed E-state index contributed by atoms with van der Waals surface area (Å²) in [6.45, 7) is 0. The van der Waals surface area contributed by atoms with E-state index in [-0.39, 0.29) is 0 Å². The van der Waals surface area contributed by atoms with Crippen molar-refractivity contribution in [3.8, 4) is 44.5 Å². The van der Waals surface area contributed by atoms with Crippen LogP contribution < -0.4 is 0 Å². The van der Waals surface area contributed by atoms with Gasteiger partial charge in [0.15, 0.2) is 0 Å². The molecule has 0 amide bonds. The predicted octanol–water partition coefficient (Wildman–Crippen LogP) is 14.7. The summed E-state index contributed by atoms with van der Waals surface area (Å²) in [6.07, 6.45) is 0. The monoisotopic (exact) mass is 656 g/mol. The topological polar surface area (TPSA) is 0 Å². The van der Waals surface area contributed by atoms with Gasteiger partial charge in [-0.15, -0.1) is 0 Å². The zero-order valence-corrected chi connectivity index (χ0v) is 28.5. The summed E-state index contributed by atoms with van der Waals surface area (Å²) in [6, 6.07) is 71.7. The van der Waals surface area contributed by atoms with Gasteiger partial charge in [0.05, 0.1) is 0 Å². The Hall–Kier alpha value is -6.76. The van der Waals surface area contributed by atoms with E-state index in [2.05, 4.69) is 194 Å². The lowest BCUT2D eigenvalue weighted by molar-refractivity contribution is 1.57. The van der Waals surface area contributed by atoms with E-state index in [0.717, 1.165) is 0 Å². The van der Waals surface area contributed by atoms with Crippen LogP contribution in [0.5, 0.6) is 0 Å². The summed E-state index contributed by atoms with van der Waals surface area (Å²) < 4.78 is 0. The van der Waals surface area contributed by atoms with Crippen LogP contribution in [0, 0.1) is 0 Å². The van der Waals surface area contributed by atoms with E-state index in [1.54, 1.807) is 0 Å². The van der Waals surface area contributed by atoms with Gasteiger partial charge >= 0.3 is 0 Å². The number of fused-ring (bicyclic) bond motifs is 5. The molecule has 0 atom stereocenters. The van der Waals surface area contributed by atoms with Crippen LogP contribution in [0.3, 0.4) is 0 Å². The first kappa shape index (κ1) is 29.0. The molecule has 240 valence electrons. The molecular formula is C52H32. The maximum absolute atomic E-state index is 2.38. The maximum Gasteiger partial charge on any atom is -0.00137 e. The summed E-state index contributed by atoms with van der Waals surface area (Å²) in [4.78, 5) is 0. The first-order valence-electron chi connectivity index (χ1n) is 18.1. The average molecular weight is 657 g/mol. The highest BCUT2D eigenvalue weighted by Gasteiger charge is 2.22. The van der Waals surface area contributed by atoms with E-state index >= 15 is 0 Å². The van der Waals surface area contributed by atoms with Crippen molar-refractivity contribution in [2.45, 2.75) is 0 Å². The molecule has 11 aromatic carbocycles. The fourth-order valence-corrected chi connectivity index (χ4v) is 9.00. The van der Waals surface area contributed by atoms with Crippen LogP contribution in [0.25, 0.3) is 109 Å². The second-order valence-corrected chi connectivity index (χ2v) is 13.9. The fourth-order valence-electron chi connectivity index (χ4n) is 9.00. The lowest BCUT2D eigenvalue weighted by Gasteiger charge is -2.21. The zero-order chi connectivity index (χ0) is 34.2. The highest BCUT2D eigenvalue weighted by molar-refractivity contribution is 6.41. The Bertz CT molecular complexity index is 3150. The molecule has 11 aromatic rings. The van der Waals surface area contributed by atoms with Crippen LogP contribution >= 0.6 is 0 Å². The minimum absolute atomic E-state index is 1.22. The van der Waals surface area contributed by atoms with Crippen LogP contribution in [0.2, 0.25) is 0 Å². The first-order valence-corrected chi connectivity index (χ1v) is 18.1. The molecule has 0 aliphatic rings. The van der Waals surface area contributed by atoms with Gasteiger partial charge in [-0.2, -0.15) is 0 Å². The molecule has 0 aliphatic carbocycles. The van der Waals surface area contributed by atoms with Crippen LogP contribution in [0.15, 0.2) is 194 Å². The SMILES string of the molecule is c1ccc(-c2ccc(-c3ccccc3)c(-c3ccc(-c4c5ccccc5c5c6cccc7cccc(c8cccc4c85)c76)c4ccccc34)c2)cc1. The van der Waals surface area contributed by atoms with Crippen molar-refractivity contribution in [2.75, 3.05) is 0 Å². The van der Waals surface area contributed by atoms with E-state index in [4.69, 9.17) is 0 Å². The number of benzene rings is 11. The second-order valence-electron chi connectivity index (χ2n) is 13.9. The van der Waals surface area contributed by atoms with Gasteiger partial charge < -0.3 is 0 Å². The first-order chi connectivity index (χ1) is 25.8. The number of hydrogen-bond acceptors (Lipinski definition) is 0. The molecule has 0 saturated carbocycles. The van der Waals surface area contributed by atoms with Gasteiger partial charge in [0, 0.05) is 0 Å². The van der Waals surface area contributed by atoms with Gasteiger partial charge in [-0.25, -0.2) is 0 Å². The Morgan fingerprint density at radius 2 is 0.692 bits per heavy atom. The largest absolute Gasteiger partial charge is 0.0622 e. The van der Waals surface area contributed by atoms with Gasteiger partial charge in [0.1, 0.15) is 0 Å². The van der Waals surface area contributed by atoms with E-state index in [1.807, 2.05) is 0 Å². The molecule has 0 fully saturated rings. The molecule has 11 rings (SSSR count). The van der Waals surface area contributed by atoms with Crippen LogP contribution in [0.1, 0.15) is 0 Å². The minimum Gasteiger partial charge on any atom is -0.0622 e. The highest BCUT2D eigenvalue weighted by atomic mass is 14.2. The third-order valence-corrected chi connectivity index (χ3v) is 11.2. The molecule has 0 aromatic heterocycles. The normalized spacial score (nSPS) is 11.8. The molecule has 0 unspecified atom stereocenters. The molecule has 0 heteroatoms. The van der Waals surface area contributed by atoms with Gasteiger partial charge in [0.25, 0.3) is 0 Å². The Morgan fingerprint density at radius 3 is 1.44 bits per heavy atom. The quantitative estimate of drug-likeness (QED) is 0.131. The van der Waals surface area contributed by atoms with Crippen molar-refractivity contribution < 1.29 is 0 Å². The molecule has 0 heterocycles. The molecule has 0 N–H and O–H groups in total. The number of rotatable bonds is 4. The standard InChI is InChI=1S/C52H32/c1-3-14-33(15-4-1)36-28-29-37(34-16-5-2-6-17-34)48(32-36)40-30-31-45(39-21-8-7-20-38(39)40)50-42-22-9-10-23-43(42)51-46-26-12-19-35-18-11-24-41(49(35)46)44-25-13-27-47(50)52(44)51/h1-32H. The maximum atomic E-state index is 2.38. The van der Waals surface area contributed by atoms with Crippen molar-refractivity contribution in [3.05, 3.63) is 194 Å². The van der Waals surface area contributed by atoms with Crippen LogP contribution in [0.4, 0.5) is 0 Å². The van der Waals surface area contributed by atoms with Gasteiger partial charge in [0.2, 0.25) is 0 Å². The molecule has 0 aliphatic heterocycles. The Labute approximate surface area is 302 Å². The molecule has 52 heavy (non-hydrogen) atoms. The average Bonchev–Trinajstić information content (AvgIpc) is 3.22. The molecule has 0 spiro atoms. The molecule has 0 bridgehead atoms. The van der Waals surface area contributed by atoms with E-state index < -0.39 is 0 Å². The van der Waals surface area contributed by atoms with Crippen molar-refractivity contribution >= 4 is 64.6 Å². The lowest BCUT2D eigenvalue weighted by Crippen LogP contribution is -1.94. The molecule has 0 radical (unpaired) electrons. The zero-order valence-electron chi connectivity index (χ0n) is 28.5. The Balaban J connectivity index is 1.25. The van der Waals surface area contributed by atoms with Crippen molar-refractivity contribution in [2.24, 2.45) is 0 Å². The smallest absolute Gasteiger partial charge is 0.00137 e. The van der Waals surface area contributed by atoms with E-state index in [0.29, 0.717) is 0 Å². The van der Waals surface area contributed by atoms with Gasteiger partial charge in [-0.05, 0) is 115 Å². The molecule has 0 nitrogen and oxygen atoms in total. The van der Waals surface area contributed by atoms with E-state index in [1.165, 1.54) is 109 Å². The van der Waals surface area contributed by atoms with Crippen LogP contribution in [-0.2, 0) is 0 Å². The number of hydrogen-bond donors (Lipinski definition) is 0. The summed E-state index contributed by atoms with van der Waals surface area (Å²) in [7, 11) is 0. The molecule has 0 saturated heterocycles. The van der Waals surface area contributed by atoms with Crippen LogP contribution in [-0.4, -0.2) is 0 Å². The third kappa shape index (κ3) is 4.22. The van der Waals surface area contributed by atoms with Crippen molar-refractivity contribution in [3.63, 3.8) is 0 Å². The third-order valence-electron chi connectivity index (χ3n) is 11.2.